The van der Waals surface area contributed by atoms with Crippen molar-refractivity contribution in [2.75, 3.05) is 18.9 Å². The standard InChI is InChI=1S/C23H23F2N7O2/c1-4-32(3)23(33)18-21(29-17-9-15(30-31-17)12-5-6-12)26-10-27-22(18)34-16-8-14(24)20-13(19(16)25)7-11(2)28-20/h7-10,12,28H,4-6H2,1-3H3,(H2,26,27,29,30,31). The number of halogens is 2. The van der Waals surface area contributed by atoms with E-state index in [4.69, 9.17) is 4.74 Å². The summed E-state index contributed by atoms with van der Waals surface area (Å²) in [5.41, 5.74) is 1.62. The Balaban J connectivity index is 1.56. The number of carbonyl (C=O) groups is 1. The second-order valence-corrected chi connectivity index (χ2v) is 8.34. The van der Waals surface area contributed by atoms with Gasteiger partial charge < -0.3 is 19.9 Å². The Hall–Kier alpha value is -4.02. The minimum Gasteiger partial charge on any atom is -0.435 e. The molecule has 5 rings (SSSR count). The third kappa shape index (κ3) is 3.93. The maximum atomic E-state index is 15.2. The average Bonchev–Trinajstić information content (AvgIpc) is 3.43. The molecule has 0 bridgehead atoms. The number of hydrogen-bond donors (Lipinski definition) is 3. The van der Waals surface area contributed by atoms with Gasteiger partial charge in [0.05, 0.1) is 5.52 Å². The molecule has 1 aliphatic rings. The number of benzene rings is 1. The molecule has 1 amide bonds. The zero-order chi connectivity index (χ0) is 24.0. The van der Waals surface area contributed by atoms with Crippen LogP contribution in [0.25, 0.3) is 10.9 Å². The van der Waals surface area contributed by atoms with Gasteiger partial charge in [0, 0.05) is 48.4 Å². The molecule has 3 N–H and O–H groups in total. The predicted octanol–water partition coefficient (Wildman–Crippen LogP) is 4.77. The number of anilines is 2. The Bertz CT molecular complexity index is 1390. The van der Waals surface area contributed by atoms with Crippen LogP contribution in [0, 0.1) is 18.6 Å². The largest absolute Gasteiger partial charge is 0.435 e. The number of aryl methyl sites for hydroxylation is 1. The fourth-order valence-electron chi connectivity index (χ4n) is 3.71. The maximum Gasteiger partial charge on any atom is 0.262 e. The fourth-order valence-corrected chi connectivity index (χ4v) is 3.71. The summed E-state index contributed by atoms with van der Waals surface area (Å²) in [7, 11) is 1.61. The van der Waals surface area contributed by atoms with Gasteiger partial charge >= 0.3 is 0 Å². The number of amides is 1. The smallest absolute Gasteiger partial charge is 0.262 e. The van der Waals surface area contributed by atoms with E-state index in [-0.39, 0.29) is 28.2 Å². The number of nitrogens with one attached hydrogen (secondary N) is 3. The van der Waals surface area contributed by atoms with Crippen LogP contribution in [-0.4, -0.2) is 49.5 Å². The monoisotopic (exact) mass is 467 g/mol. The van der Waals surface area contributed by atoms with Crippen molar-refractivity contribution in [3.05, 3.63) is 53.1 Å². The molecule has 0 radical (unpaired) electrons. The molecule has 1 aliphatic carbocycles. The van der Waals surface area contributed by atoms with E-state index in [2.05, 4.69) is 30.5 Å². The molecular weight excluding hydrogens is 444 g/mol. The molecule has 3 aromatic heterocycles. The highest BCUT2D eigenvalue weighted by atomic mass is 19.1. The van der Waals surface area contributed by atoms with Gasteiger partial charge in [-0.3, -0.25) is 9.89 Å². The number of rotatable bonds is 7. The molecule has 1 fully saturated rings. The Morgan fingerprint density at radius 3 is 2.79 bits per heavy atom. The quantitative estimate of drug-likeness (QED) is 0.361. The van der Waals surface area contributed by atoms with E-state index in [1.807, 2.05) is 13.0 Å². The zero-order valence-corrected chi connectivity index (χ0v) is 18.9. The van der Waals surface area contributed by atoms with E-state index in [0.717, 1.165) is 24.6 Å². The van der Waals surface area contributed by atoms with Crippen molar-refractivity contribution in [2.24, 2.45) is 0 Å². The molecule has 34 heavy (non-hydrogen) atoms. The number of ether oxygens (including phenoxy) is 1. The molecule has 0 atom stereocenters. The summed E-state index contributed by atoms with van der Waals surface area (Å²) < 4.78 is 35.5. The first-order valence-corrected chi connectivity index (χ1v) is 10.9. The highest BCUT2D eigenvalue weighted by Crippen LogP contribution is 2.40. The predicted molar refractivity (Wildman–Crippen MR) is 122 cm³/mol. The number of H-pyrrole nitrogens is 2. The van der Waals surface area contributed by atoms with Crippen LogP contribution in [-0.2, 0) is 0 Å². The summed E-state index contributed by atoms with van der Waals surface area (Å²) in [4.78, 5) is 25.7. The molecule has 0 unspecified atom stereocenters. The lowest BCUT2D eigenvalue weighted by Crippen LogP contribution is -2.28. The van der Waals surface area contributed by atoms with Crippen molar-refractivity contribution in [3.8, 4) is 11.6 Å². The van der Waals surface area contributed by atoms with Gasteiger partial charge in [-0.05, 0) is 32.8 Å². The summed E-state index contributed by atoms with van der Waals surface area (Å²) in [5, 5.41) is 10.3. The number of aromatic nitrogens is 5. The minimum atomic E-state index is -0.766. The SMILES string of the molecule is CCN(C)C(=O)c1c(Nc2cc(C3CC3)[nH]n2)ncnc1Oc1cc(F)c2[nH]c(C)cc2c1F. The van der Waals surface area contributed by atoms with Crippen LogP contribution in [0.1, 0.15) is 47.4 Å². The van der Waals surface area contributed by atoms with E-state index in [1.165, 1.54) is 17.3 Å². The van der Waals surface area contributed by atoms with Crippen LogP contribution < -0.4 is 10.1 Å². The van der Waals surface area contributed by atoms with Gasteiger partial charge in [-0.15, -0.1) is 0 Å². The second-order valence-electron chi connectivity index (χ2n) is 8.34. The summed E-state index contributed by atoms with van der Waals surface area (Å²) >= 11 is 0. The van der Waals surface area contributed by atoms with Crippen molar-refractivity contribution in [2.45, 2.75) is 32.6 Å². The normalized spacial score (nSPS) is 13.3. The highest BCUT2D eigenvalue weighted by molar-refractivity contribution is 6.01. The summed E-state index contributed by atoms with van der Waals surface area (Å²) in [5.74, 6) is -1.41. The van der Waals surface area contributed by atoms with E-state index in [0.29, 0.717) is 24.0 Å². The molecule has 11 heteroatoms. The number of nitrogens with zero attached hydrogens (tertiary/aromatic N) is 4. The van der Waals surface area contributed by atoms with Gasteiger partial charge in [-0.2, -0.15) is 5.10 Å². The zero-order valence-electron chi connectivity index (χ0n) is 18.9. The first kappa shape index (κ1) is 21.8. The van der Waals surface area contributed by atoms with Gasteiger partial charge in [0.25, 0.3) is 5.91 Å². The summed E-state index contributed by atoms with van der Waals surface area (Å²) in [6.45, 7) is 3.91. The van der Waals surface area contributed by atoms with Crippen LogP contribution >= 0.6 is 0 Å². The molecule has 3 heterocycles. The second kappa shape index (κ2) is 8.40. The number of hydrogen-bond acceptors (Lipinski definition) is 6. The molecule has 176 valence electrons. The lowest BCUT2D eigenvalue weighted by Gasteiger charge is -2.19. The molecular formula is C23H23F2N7O2. The third-order valence-corrected chi connectivity index (χ3v) is 5.82. The molecule has 0 saturated heterocycles. The maximum absolute atomic E-state index is 15.2. The van der Waals surface area contributed by atoms with Crippen molar-refractivity contribution in [1.29, 1.82) is 0 Å². The van der Waals surface area contributed by atoms with Gasteiger partial charge in [0.1, 0.15) is 11.9 Å². The van der Waals surface area contributed by atoms with Gasteiger partial charge in [0.2, 0.25) is 5.88 Å². The molecule has 9 nitrogen and oxygen atoms in total. The molecule has 4 aromatic rings. The van der Waals surface area contributed by atoms with Crippen LogP contribution in [0.15, 0.2) is 24.5 Å². The third-order valence-electron chi connectivity index (χ3n) is 5.82. The lowest BCUT2D eigenvalue weighted by atomic mass is 10.2. The molecule has 1 saturated carbocycles. The van der Waals surface area contributed by atoms with Crippen molar-refractivity contribution < 1.29 is 18.3 Å². The Morgan fingerprint density at radius 1 is 1.26 bits per heavy atom. The van der Waals surface area contributed by atoms with Crippen molar-refractivity contribution in [1.82, 2.24) is 30.0 Å². The number of aromatic amines is 2. The molecule has 0 aliphatic heterocycles. The van der Waals surface area contributed by atoms with Gasteiger partial charge in [-0.25, -0.2) is 18.7 Å². The Morgan fingerprint density at radius 2 is 2.06 bits per heavy atom. The first-order valence-electron chi connectivity index (χ1n) is 10.9. The van der Waals surface area contributed by atoms with Crippen LogP contribution in [0.3, 0.4) is 0 Å². The molecule has 1 aromatic carbocycles. The van der Waals surface area contributed by atoms with Crippen LogP contribution in [0.4, 0.5) is 20.4 Å². The van der Waals surface area contributed by atoms with Crippen molar-refractivity contribution in [3.63, 3.8) is 0 Å². The van der Waals surface area contributed by atoms with E-state index < -0.39 is 23.3 Å². The minimum absolute atomic E-state index is 0.0204. The van der Waals surface area contributed by atoms with E-state index >= 15 is 4.39 Å². The Labute approximate surface area is 193 Å². The highest BCUT2D eigenvalue weighted by Gasteiger charge is 2.28. The van der Waals surface area contributed by atoms with Crippen LogP contribution in [0.2, 0.25) is 0 Å². The topological polar surface area (TPSA) is 112 Å². The van der Waals surface area contributed by atoms with E-state index in [9.17, 15) is 9.18 Å². The fraction of sp³-hybridized carbons (Fsp3) is 0.304. The number of fused-ring (bicyclic) bond motifs is 1. The summed E-state index contributed by atoms with van der Waals surface area (Å²) in [6, 6.07) is 4.27. The lowest BCUT2D eigenvalue weighted by molar-refractivity contribution is 0.0799. The Kier molecular flexibility index (Phi) is 5.39. The van der Waals surface area contributed by atoms with Gasteiger partial charge in [0.15, 0.2) is 29.0 Å². The molecule has 0 spiro atoms. The summed E-state index contributed by atoms with van der Waals surface area (Å²) in [6.07, 6.45) is 3.39. The first-order chi connectivity index (χ1) is 16.4. The van der Waals surface area contributed by atoms with Crippen LogP contribution in [0.5, 0.6) is 11.6 Å². The number of carbonyl (C=O) groups excluding carboxylic acids is 1. The van der Waals surface area contributed by atoms with Crippen molar-refractivity contribution >= 4 is 28.4 Å². The van der Waals surface area contributed by atoms with E-state index in [1.54, 1.807) is 14.0 Å². The average molecular weight is 467 g/mol. The van der Waals surface area contributed by atoms with Gasteiger partial charge in [-0.1, -0.05) is 0 Å².